The lowest BCUT2D eigenvalue weighted by Crippen LogP contribution is -2.40. The summed E-state index contributed by atoms with van der Waals surface area (Å²) in [5.41, 5.74) is -0.0592. The van der Waals surface area contributed by atoms with Crippen LogP contribution in [0.4, 0.5) is 0 Å². The maximum Gasteiger partial charge on any atom is 0.153 e. The highest BCUT2D eigenvalue weighted by molar-refractivity contribution is 5.86. The van der Waals surface area contributed by atoms with Gasteiger partial charge < -0.3 is 0 Å². The van der Waals surface area contributed by atoms with E-state index < -0.39 is 0 Å². The van der Waals surface area contributed by atoms with Gasteiger partial charge in [0.2, 0.25) is 0 Å². The molecule has 0 aromatic heterocycles. The van der Waals surface area contributed by atoms with Gasteiger partial charge in [-0.15, -0.1) is 0 Å². The zero-order valence-electron chi connectivity index (χ0n) is 9.04. The van der Waals surface area contributed by atoms with Gasteiger partial charge in [0.15, 0.2) is 5.78 Å². The Hall–Kier alpha value is -0.840. The molecule has 0 aromatic carbocycles. The molecular weight excluding hydrogens is 186 g/mol. The summed E-state index contributed by atoms with van der Waals surface area (Å²) in [6.45, 7) is 0. The van der Waals surface area contributed by atoms with Crippen LogP contribution in [0.25, 0.3) is 0 Å². The number of carbonyl (C=O) groups excluding carboxylic acids is 1. The summed E-state index contributed by atoms with van der Waals surface area (Å²) in [5.74, 6) is 2.79. The molecule has 0 radical (unpaired) electrons. The molecule has 4 atom stereocenters. The Kier molecular flexibility index (Phi) is 1.92. The highest BCUT2D eigenvalue weighted by Gasteiger charge is 2.54. The second-order valence-electron chi connectivity index (χ2n) is 5.84. The number of hydrogen-bond acceptors (Lipinski definition) is 2. The van der Waals surface area contributed by atoms with E-state index in [9.17, 15) is 4.79 Å². The summed E-state index contributed by atoms with van der Waals surface area (Å²) >= 11 is 0. The van der Waals surface area contributed by atoms with Gasteiger partial charge in [0, 0.05) is 5.41 Å². The second-order valence-corrected chi connectivity index (χ2v) is 5.84. The van der Waals surface area contributed by atoms with Crippen LogP contribution in [0.15, 0.2) is 0 Å². The van der Waals surface area contributed by atoms with Gasteiger partial charge in [0.25, 0.3) is 0 Å². The molecule has 0 aromatic rings. The number of rotatable bonds is 2. The number of nitrogens with zero attached hydrogens (tertiary/aromatic N) is 1. The lowest BCUT2D eigenvalue weighted by Gasteiger charge is -2.43. The number of carbonyl (C=O) groups is 1. The van der Waals surface area contributed by atoms with E-state index in [1.54, 1.807) is 0 Å². The predicted octanol–water partition coefficient (Wildman–Crippen LogP) is 2.69. The molecule has 0 spiro atoms. The molecule has 2 nitrogen and oxygen atoms in total. The molecule has 0 saturated heterocycles. The van der Waals surface area contributed by atoms with Crippen LogP contribution in [0.5, 0.6) is 0 Å². The largest absolute Gasteiger partial charge is 0.298 e. The Balaban J connectivity index is 1.88. The first kappa shape index (κ1) is 9.39. The maximum absolute atomic E-state index is 12.1. The van der Waals surface area contributed by atoms with Gasteiger partial charge >= 0.3 is 0 Å². The molecule has 3 aliphatic carbocycles. The van der Waals surface area contributed by atoms with E-state index in [1.807, 2.05) is 6.07 Å². The molecule has 3 rings (SSSR count). The predicted molar refractivity (Wildman–Crippen MR) is 55.8 cm³/mol. The zero-order valence-corrected chi connectivity index (χ0v) is 9.04. The summed E-state index contributed by atoms with van der Waals surface area (Å²) in [6.07, 6.45) is 7.40. The summed E-state index contributed by atoms with van der Waals surface area (Å²) in [6, 6.07) is 2.04. The van der Waals surface area contributed by atoms with E-state index >= 15 is 0 Å². The number of Topliss-reactive ketones (excluding diaryl/α,β-unsaturated/α-hetero) is 1. The summed E-state index contributed by atoms with van der Waals surface area (Å²) in [4.78, 5) is 12.1. The van der Waals surface area contributed by atoms with E-state index in [0.717, 1.165) is 37.0 Å². The third-order valence-electron chi connectivity index (χ3n) is 5.10. The van der Waals surface area contributed by atoms with Gasteiger partial charge in [-0.2, -0.15) is 5.26 Å². The quantitative estimate of drug-likeness (QED) is 0.692. The normalized spacial score (nSPS) is 46.5. The van der Waals surface area contributed by atoms with Crippen LogP contribution in [0.3, 0.4) is 0 Å². The minimum absolute atomic E-state index is 0.0592. The van der Waals surface area contributed by atoms with Gasteiger partial charge in [0.05, 0.1) is 12.5 Å². The highest BCUT2D eigenvalue weighted by atomic mass is 16.1. The van der Waals surface area contributed by atoms with Crippen molar-refractivity contribution < 1.29 is 4.79 Å². The van der Waals surface area contributed by atoms with Gasteiger partial charge in [-0.3, -0.25) is 4.79 Å². The molecule has 4 unspecified atom stereocenters. The molecule has 0 amide bonds. The Morgan fingerprint density at radius 3 is 2.93 bits per heavy atom. The molecule has 0 N–H and O–H groups in total. The smallest absolute Gasteiger partial charge is 0.153 e. The number of hydrogen-bond donors (Lipinski definition) is 0. The van der Waals surface area contributed by atoms with E-state index in [0.29, 0.717) is 0 Å². The van der Waals surface area contributed by atoms with Crippen LogP contribution >= 0.6 is 0 Å². The molecule has 0 heterocycles. The number of ketones is 1. The lowest BCUT2D eigenvalue weighted by molar-refractivity contribution is -0.133. The fourth-order valence-corrected chi connectivity index (χ4v) is 4.54. The van der Waals surface area contributed by atoms with Crippen LogP contribution in [-0.4, -0.2) is 5.78 Å². The van der Waals surface area contributed by atoms with Crippen LogP contribution in [0.2, 0.25) is 0 Å². The Bertz CT molecular complexity index is 339. The number of fused-ring (bicyclic) bond motifs is 2. The fraction of sp³-hybridized carbons (Fsp3) is 0.846. The molecule has 3 fully saturated rings. The van der Waals surface area contributed by atoms with E-state index in [1.165, 1.54) is 19.3 Å². The first-order valence-corrected chi connectivity index (χ1v) is 6.14. The molecule has 3 bridgehead atoms. The van der Waals surface area contributed by atoms with Gasteiger partial charge in [0.1, 0.15) is 0 Å². The van der Waals surface area contributed by atoms with Crippen molar-refractivity contribution in [2.45, 2.75) is 44.9 Å². The van der Waals surface area contributed by atoms with E-state index in [4.69, 9.17) is 5.26 Å². The van der Waals surface area contributed by atoms with Crippen molar-refractivity contribution in [2.24, 2.45) is 23.2 Å². The molecule has 3 aliphatic rings. The molecular formula is C13H17NO. The first-order valence-electron chi connectivity index (χ1n) is 6.14. The molecule has 0 aliphatic heterocycles. The Morgan fingerprint density at radius 1 is 1.33 bits per heavy atom. The average Bonchev–Trinajstić information content (AvgIpc) is 2.42. The van der Waals surface area contributed by atoms with Gasteiger partial charge in [-0.05, 0) is 56.3 Å². The topological polar surface area (TPSA) is 40.9 Å². The second kappa shape index (κ2) is 3.07. The van der Waals surface area contributed by atoms with Crippen molar-refractivity contribution in [1.29, 1.82) is 5.26 Å². The fourth-order valence-electron chi connectivity index (χ4n) is 4.54. The maximum atomic E-state index is 12.1. The van der Waals surface area contributed by atoms with Crippen LogP contribution in [0.1, 0.15) is 44.9 Å². The van der Waals surface area contributed by atoms with Crippen molar-refractivity contribution in [3.63, 3.8) is 0 Å². The van der Waals surface area contributed by atoms with E-state index in [2.05, 4.69) is 0 Å². The highest BCUT2D eigenvalue weighted by Crippen LogP contribution is 2.61. The summed E-state index contributed by atoms with van der Waals surface area (Å²) < 4.78 is 0. The first-order chi connectivity index (χ1) is 7.23. The van der Waals surface area contributed by atoms with Crippen LogP contribution < -0.4 is 0 Å². The summed E-state index contributed by atoms with van der Waals surface area (Å²) in [7, 11) is 0. The standard InChI is InChI=1S/C13H17NO/c14-4-2-12(15)13-3-1-10-5-9(7-13)6-11(10)8-13/h9-11H,1-3,5-8H2. The number of nitriles is 1. The lowest BCUT2D eigenvalue weighted by atomic mass is 9.60. The Labute approximate surface area is 90.7 Å². The molecule has 80 valence electrons. The van der Waals surface area contributed by atoms with Crippen LogP contribution in [0, 0.1) is 34.5 Å². The van der Waals surface area contributed by atoms with E-state index in [-0.39, 0.29) is 17.6 Å². The van der Waals surface area contributed by atoms with Crippen molar-refractivity contribution in [3.05, 3.63) is 0 Å². The van der Waals surface area contributed by atoms with Crippen molar-refractivity contribution in [2.75, 3.05) is 0 Å². The van der Waals surface area contributed by atoms with Crippen LogP contribution in [-0.2, 0) is 4.79 Å². The zero-order chi connectivity index (χ0) is 10.5. The van der Waals surface area contributed by atoms with Gasteiger partial charge in [-0.25, -0.2) is 0 Å². The van der Waals surface area contributed by atoms with Crippen molar-refractivity contribution in [1.82, 2.24) is 0 Å². The third-order valence-corrected chi connectivity index (χ3v) is 5.10. The Morgan fingerprint density at radius 2 is 2.13 bits per heavy atom. The third kappa shape index (κ3) is 1.25. The molecule has 2 heteroatoms. The minimum Gasteiger partial charge on any atom is -0.298 e. The van der Waals surface area contributed by atoms with Gasteiger partial charge in [-0.1, -0.05) is 0 Å². The SMILES string of the molecule is N#CCC(=O)C12CCC3CC(CC3C1)C2. The monoisotopic (exact) mass is 203 g/mol. The summed E-state index contributed by atoms with van der Waals surface area (Å²) in [5, 5.41) is 8.67. The van der Waals surface area contributed by atoms with Crippen molar-refractivity contribution >= 4 is 5.78 Å². The average molecular weight is 203 g/mol. The molecule has 3 saturated carbocycles. The molecule has 15 heavy (non-hydrogen) atoms. The van der Waals surface area contributed by atoms with Crippen molar-refractivity contribution in [3.8, 4) is 6.07 Å². The minimum atomic E-state index is -0.0592.